The maximum atomic E-state index is 12.9. The SMILES string of the molecule is CCN(C)C(=O)Nc1ccc(C(N)=S)c(C(F)(F)F)c1. The number of nitrogens with one attached hydrogen (secondary N) is 1. The first-order valence-electron chi connectivity index (χ1n) is 5.70. The average molecular weight is 305 g/mol. The van der Waals surface area contributed by atoms with E-state index in [2.05, 4.69) is 17.5 Å². The van der Waals surface area contributed by atoms with Crippen LogP contribution in [0.3, 0.4) is 0 Å². The van der Waals surface area contributed by atoms with Crippen LogP contribution in [0.25, 0.3) is 0 Å². The third-order valence-electron chi connectivity index (χ3n) is 2.66. The lowest BCUT2D eigenvalue weighted by molar-refractivity contribution is -0.137. The second-order valence-corrected chi connectivity index (χ2v) is 4.51. The van der Waals surface area contributed by atoms with Crippen molar-refractivity contribution in [1.29, 1.82) is 0 Å². The maximum Gasteiger partial charge on any atom is 0.417 e. The first-order valence-corrected chi connectivity index (χ1v) is 6.10. The van der Waals surface area contributed by atoms with Gasteiger partial charge < -0.3 is 16.0 Å². The standard InChI is InChI=1S/C12H14F3N3OS/c1-3-18(2)11(19)17-7-4-5-8(10(16)20)9(6-7)12(13,14)15/h4-6H,3H2,1-2H3,(H2,16,20)(H,17,19). The maximum absolute atomic E-state index is 12.9. The summed E-state index contributed by atoms with van der Waals surface area (Å²) in [4.78, 5) is 12.6. The first kappa shape index (κ1) is 16.2. The zero-order valence-corrected chi connectivity index (χ0v) is 11.7. The molecule has 1 aromatic rings. The molecule has 0 fully saturated rings. The molecule has 0 atom stereocenters. The predicted octanol–water partition coefficient (Wildman–Crippen LogP) is 2.82. The molecule has 0 saturated carbocycles. The number of rotatable bonds is 3. The number of carbonyl (C=O) groups excluding carboxylic acids is 1. The Morgan fingerprint density at radius 1 is 1.45 bits per heavy atom. The van der Waals surface area contributed by atoms with Crippen LogP contribution in [0.5, 0.6) is 0 Å². The molecule has 4 nitrogen and oxygen atoms in total. The van der Waals surface area contributed by atoms with E-state index in [9.17, 15) is 18.0 Å². The lowest BCUT2D eigenvalue weighted by Gasteiger charge is -2.17. The van der Waals surface area contributed by atoms with Crippen molar-refractivity contribution >= 4 is 28.9 Å². The van der Waals surface area contributed by atoms with Crippen molar-refractivity contribution in [3.8, 4) is 0 Å². The fraction of sp³-hybridized carbons (Fsp3) is 0.333. The molecule has 3 N–H and O–H groups in total. The highest BCUT2D eigenvalue weighted by atomic mass is 32.1. The van der Waals surface area contributed by atoms with Gasteiger partial charge in [0.05, 0.1) is 5.56 Å². The number of urea groups is 1. The molecule has 1 rings (SSSR count). The number of amides is 2. The summed E-state index contributed by atoms with van der Waals surface area (Å²) in [6.07, 6.45) is -4.60. The summed E-state index contributed by atoms with van der Waals surface area (Å²) in [6, 6.07) is 2.79. The first-order chi connectivity index (χ1) is 9.16. The van der Waals surface area contributed by atoms with Crippen molar-refractivity contribution in [2.45, 2.75) is 13.1 Å². The molecule has 0 spiro atoms. The van der Waals surface area contributed by atoms with Crippen molar-refractivity contribution in [3.63, 3.8) is 0 Å². The van der Waals surface area contributed by atoms with Gasteiger partial charge in [-0.05, 0) is 25.1 Å². The highest BCUT2D eigenvalue weighted by Crippen LogP contribution is 2.33. The van der Waals surface area contributed by atoms with Crippen molar-refractivity contribution in [1.82, 2.24) is 4.90 Å². The number of thiocarbonyl (C=S) groups is 1. The van der Waals surface area contributed by atoms with Gasteiger partial charge in [0.15, 0.2) is 0 Å². The van der Waals surface area contributed by atoms with Gasteiger partial charge in [0.1, 0.15) is 4.99 Å². The van der Waals surface area contributed by atoms with E-state index >= 15 is 0 Å². The molecular weight excluding hydrogens is 291 g/mol. The summed E-state index contributed by atoms with van der Waals surface area (Å²) < 4.78 is 38.7. The van der Waals surface area contributed by atoms with Gasteiger partial charge in [-0.1, -0.05) is 12.2 Å². The summed E-state index contributed by atoms with van der Waals surface area (Å²) in [5.74, 6) is 0. The summed E-state index contributed by atoms with van der Waals surface area (Å²) in [5, 5.41) is 2.37. The van der Waals surface area contributed by atoms with E-state index in [0.29, 0.717) is 6.54 Å². The topological polar surface area (TPSA) is 58.4 Å². The molecule has 1 aromatic carbocycles. The second-order valence-electron chi connectivity index (χ2n) is 4.07. The zero-order valence-electron chi connectivity index (χ0n) is 10.9. The van der Waals surface area contributed by atoms with Gasteiger partial charge in [0, 0.05) is 24.8 Å². The number of halogens is 3. The number of hydrogen-bond acceptors (Lipinski definition) is 2. The van der Waals surface area contributed by atoms with E-state index in [4.69, 9.17) is 5.73 Å². The normalized spacial score (nSPS) is 11.1. The van der Waals surface area contributed by atoms with Gasteiger partial charge in [-0.3, -0.25) is 0 Å². The monoisotopic (exact) mass is 305 g/mol. The minimum Gasteiger partial charge on any atom is -0.389 e. The number of anilines is 1. The Kier molecular flexibility index (Phi) is 4.93. The Morgan fingerprint density at radius 3 is 2.50 bits per heavy atom. The van der Waals surface area contributed by atoms with Crippen molar-refractivity contribution < 1.29 is 18.0 Å². The van der Waals surface area contributed by atoms with Gasteiger partial charge in [-0.25, -0.2) is 4.79 Å². The van der Waals surface area contributed by atoms with E-state index in [0.717, 1.165) is 12.1 Å². The van der Waals surface area contributed by atoms with E-state index in [1.807, 2.05) is 0 Å². The Bertz CT molecular complexity index is 531. The molecule has 20 heavy (non-hydrogen) atoms. The highest BCUT2D eigenvalue weighted by Gasteiger charge is 2.34. The van der Waals surface area contributed by atoms with Crippen LogP contribution < -0.4 is 11.1 Å². The minimum atomic E-state index is -4.60. The highest BCUT2D eigenvalue weighted by molar-refractivity contribution is 7.80. The van der Waals surface area contributed by atoms with Crippen LogP contribution in [-0.4, -0.2) is 29.5 Å². The van der Waals surface area contributed by atoms with Crippen LogP contribution >= 0.6 is 12.2 Å². The molecule has 0 unspecified atom stereocenters. The van der Waals surface area contributed by atoms with Crippen molar-refractivity contribution in [3.05, 3.63) is 29.3 Å². The van der Waals surface area contributed by atoms with Crippen LogP contribution in [0.15, 0.2) is 18.2 Å². The number of carbonyl (C=O) groups is 1. The zero-order chi connectivity index (χ0) is 15.5. The largest absolute Gasteiger partial charge is 0.417 e. The van der Waals surface area contributed by atoms with E-state index in [1.165, 1.54) is 18.0 Å². The molecule has 2 amide bonds. The van der Waals surface area contributed by atoms with Crippen LogP contribution in [-0.2, 0) is 6.18 Å². The fourth-order valence-corrected chi connectivity index (χ4v) is 1.61. The summed E-state index contributed by atoms with van der Waals surface area (Å²) in [7, 11) is 1.53. The minimum absolute atomic E-state index is 0.0302. The lowest BCUT2D eigenvalue weighted by atomic mass is 10.1. The van der Waals surface area contributed by atoms with Crippen molar-refractivity contribution in [2.75, 3.05) is 18.9 Å². The average Bonchev–Trinajstić information content (AvgIpc) is 2.36. The lowest BCUT2D eigenvalue weighted by Crippen LogP contribution is -2.31. The van der Waals surface area contributed by atoms with E-state index in [-0.39, 0.29) is 16.2 Å². The number of hydrogen-bond donors (Lipinski definition) is 2. The van der Waals surface area contributed by atoms with Crippen LogP contribution in [0, 0.1) is 0 Å². The Hall–Kier alpha value is -1.83. The molecule has 0 saturated heterocycles. The van der Waals surface area contributed by atoms with Crippen LogP contribution in [0.4, 0.5) is 23.7 Å². The third kappa shape index (κ3) is 3.83. The van der Waals surface area contributed by atoms with Gasteiger partial charge >= 0.3 is 12.2 Å². The van der Waals surface area contributed by atoms with Gasteiger partial charge in [0.25, 0.3) is 0 Å². The summed E-state index contributed by atoms with van der Waals surface area (Å²) in [6.45, 7) is 2.18. The summed E-state index contributed by atoms with van der Waals surface area (Å²) in [5.41, 5.74) is 4.06. The van der Waals surface area contributed by atoms with Crippen molar-refractivity contribution in [2.24, 2.45) is 5.73 Å². The fourth-order valence-electron chi connectivity index (χ4n) is 1.43. The van der Waals surface area contributed by atoms with Gasteiger partial charge in [-0.15, -0.1) is 0 Å². The Balaban J connectivity index is 3.14. The quantitative estimate of drug-likeness (QED) is 0.844. The molecule has 0 heterocycles. The van der Waals surface area contributed by atoms with E-state index in [1.54, 1.807) is 6.92 Å². The van der Waals surface area contributed by atoms with E-state index < -0.39 is 17.8 Å². The second kappa shape index (κ2) is 6.08. The number of nitrogens with zero attached hydrogens (tertiary/aromatic N) is 1. The number of alkyl halides is 3. The molecule has 110 valence electrons. The van der Waals surface area contributed by atoms with Crippen LogP contribution in [0.2, 0.25) is 0 Å². The molecule has 0 aliphatic rings. The molecule has 0 aliphatic carbocycles. The molecule has 0 radical (unpaired) electrons. The predicted molar refractivity (Wildman–Crippen MR) is 74.7 cm³/mol. The molecule has 8 heteroatoms. The Labute approximate surface area is 119 Å². The van der Waals surface area contributed by atoms with Crippen LogP contribution in [0.1, 0.15) is 18.1 Å². The third-order valence-corrected chi connectivity index (χ3v) is 2.88. The number of nitrogens with two attached hydrogens (primary N) is 1. The molecule has 0 bridgehead atoms. The van der Waals surface area contributed by atoms with Gasteiger partial charge in [-0.2, -0.15) is 13.2 Å². The smallest absolute Gasteiger partial charge is 0.389 e. The summed E-state index contributed by atoms with van der Waals surface area (Å²) >= 11 is 4.59. The Morgan fingerprint density at radius 2 is 2.05 bits per heavy atom. The molecular formula is C12H14F3N3OS. The molecule has 0 aromatic heterocycles. The van der Waals surface area contributed by atoms with Gasteiger partial charge in [0.2, 0.25) is 0 Å². The number of benzene rings is 1. The molecule has 0 aliphatic heterocycles.